The number of halogens is 2. The maximum atomic E-state index is 13.8. The first-order valence-corrected chi connectivity index (χ1v) is 21.3. The van der Waals surface area contributed by atoms with Gasteiger partial charge in [0.25, 0.3) is 5.91 Å². The standard InChI is InChI=1S/C46H57Cl2N5O8/c1-44(2,3)38(41(58)53-26-32(54)22-36(53)40(57)50-25-28-10-15-31(47)16-11-28)51-37(55)27-59-20-8-9-21-60-33-17-12-29(13-18-33)39(56)52-42-45(4,5)43(46(42,6)7)61-34-19-14-30(24-49)35(48)23-34/h10-19,23,32,36,38,42-43,54H,8-9,20-22,25-27H2,1-7H3,(H,50,57)(H,51,55)(H,52,56)/t32-,36+,38?,42-,43-/m1/s1. The highest BCUT2D eigenvalue weighted by molar-refractivity contribution is 6.31. The highest BCUT2D eigenvalue weighted by atomic mass is 35.5. The van der Waals surface area contributed by atoms with E-state index in [2.05, 4.69) is 49.7 Å². The first-order valence-electron chi connectivity index (χ1n) is 20.5. The lowest BCUT2D eigenvalue weighted by Crippen LogP contribution is -2.74. The SMILES string of the molecule is CC(C)(C)C(NC(=O)COCCCCOc1ccc(C(=O)N[C@H]2C(C)(C)[C@H](Oc3ccc(C#N)c(Cl)c3)C2(C)C)cc1)C(=O)N1C[C@H](O)C[C@H]1C(=O)NCc1ccc(Cl)cc1. The Kier molecular flexibility index (Phi) is 15.4. The first kappa shape index (κ1) is 47.2. The van der Waals surface area contributed by atoms with E-state index in [9.17, 15) is 29.5 Å². The van der Waals surface area contributed by atoms with Crippen LogP contribution >= 0.6 is 23.2 Å². The minimum absolute atomic E-state index is 0.0210. The van der Waals surface area contributed by atoms with E-state index in [1.807, 2.05) is 20.8 Å². The van der Waals surface area contributed by atoms with Crippen molar-refractivity contribution in [1.82, 2.24) is 20.9 Å². The molecule has 5 rings (SSSR count). The van der Waals surface area contributed by atoms with Crippen molar-refractivity contribution >= 4 is 46.8 Å². The van der Waals surface area contributed by atoms with Gasteiger partial charge in [-0.25, -0.2) is 0 Å². The van der Waals surface area contributed by atoms with Crippen molar-refractivity contribution in [2.45, 2.75) is 105 Å². The Hall–Kier alpha value is -4.87. The van der Waals surface area contributed by atoms with Crippen LogP contribution in [0.15, 0.2) is 66.7 Å². The number of nitrogens with zero attached hydrogens (tertiary/aromatic N) is 2. The number of amides is 4. The van der Waals surface area contributed by atoms with Gasteiger partial charge in [0.15, 0.2) is 0 Å². The molecule has 1 aliphatic heterocycles. The van der Waals surface area contributed by atoms with Crippen molar-refractivity contribution < 1.29 is 38.5 Å². The van der Waals surface area contributed by atoms with Gasteiger partial charge in [-0.2, -0.15) is 5.26 Å². The van der Waals surface area contributed by atoms with Crippen LogP contribution in [-0.4, -0.2) is 90.3 Å². The van der Waals surface area contributed by atoms with Gasteiger partial charge in [0.05, 0.1) is 23.3 Å². The third kappa shape index (κ3) is 11.7. The number of nitrogens with one attached hydrogen (secondary N) is 3. The third-order valence-corrected chi connectivity index (χ3v) is 12.0. The van der Waals surface area contributed by atoms with Crippen LogP contribution in [0.2, 0.25) is 10.0 Å². The Bertz CT molecular complexity index is 2060. The van der Waals surface area contributed by atoms with E-state index < -0.39 is 46.2 Å². The second-order valence-corrected chi connectivity index (χ2v) is 18.9. The zero-order chi connectivity index (χ0) is 44.7. The summed E-state index contributed by atoms with van der Waals surface area (Å²) in [5.74, 6) is -0.336. The van der Waals surface area contributed by atoms with Gasteiger partial charge < -0.3 is 40.2 Å². The Labute approximate surface area is 368 Å². The summed E-state index contributed by atoms with van der Waals surface area (Å²) in [6, 6.07) is 19.0. The summed E-state index contributed by atoms with van der Waals surface area (Å²) >= 11 is 12.2. The van der Waals surface area contributed by atoms with Crippen LogP contribution in [0.25, 0.3) is 0 Å². The monoisotopic (exact) mass is 877 g/mol. The summed E-state index contributed by atoms with van der Waals surface area (Å²) in [6.45, 7) is 14.3. The molecule has 3 atom stereocenters. The van der Waals surface area contributed by atoms with Crippen molar-refractivity contribution in [3.8, 4) is 17.6 Å². The largest absolute Gasteiger partial charge is 0.494 e. The number of unbranched alkanes of at least 4 members (excludes halogenated alkanes) is 1. The van der Waals surface area contributed by atoms with Crippen LogP contribution in [0.5, 0.6) is 11.5 Å². The van der Waals surface area contributed by atoms with E-state index in [0.717, 1.165) is 5.56 Å². The van der Waals surface area contributed by atoms with Crippen LogP contribution in [0.4, 0.5) is 0 Å². The lowest BCUT2D eigenvalue weighted by molar-refractivity contribution is -0.164. The molecule has 1 saturated heterocycles. The molecule has 3 aromatic rings. The number of β-amino-alcohol motifs (C(OH)–C–C–N with tert-alkyl or cyclic N) is 1. The third-order valence-electron chi connectivity index (χ3n) is 11.4. The summed E-state index contributed by atoms with van der Waals surface area (Å²) in [5.41, 5.74) is 0.226. The lowest BCUT2D eigenvalue weighted by atomic mass is 9.49. The zero-order valence-electron chi connectivity index (χ0n) is 35.8. The molecular weight excluding hydrogens is 821 g/mol. The van der Waals surface area contributed by atoms with Gasteiger partial charge in [-0.05, 0) is 72.4 Å². The van der Waals surface area contributed by atoms with E-state index in [1.54, 1.807) is 66.7 Å². The maximum Gasteiger partial charge on any atom is 0.251 e. The second-order valence-electron chi connectivity index (χ2n) is 18.0. The Morgan fingerprint density at radius 1 is 0.934 bits per heavy atom. The molecule has 0 spiro atoms. The summed E-state index contributed by atoms with van der Waals surface area (Å²) in [6.07, 6.45) is 0.263. The van der Waals surface area contributed by atoms with Crippen molar-refractivity contribution in [3.05, 3.63) is 93.5 Å². The molecule has 328 valence electrons. The number of likely N-dealkylation sites (tertiary alicyclic amines) is 1. The number of nitriles is 1. The summed E-state index contributed by atoms with van der Waals surface area (Å²) in [7, 11) is 0. The van der Waals surface area contributed by atoms with Crippen LogP contribution < -0.4 is 25.4 Å². The van der Waals surface area contributed by atoms with E-state index in [1.165, 1.54) is 4.90 Å². The fourth-order valence-corrected chi connectivity index (χ4v) is 8.74. The molecule has 2 aliphatic rings. The van der Waals surface area contributed by atoms with E-state index in [-0.39, 0.29) is 50.1 Å². The number of ether oxygens (including phenoxy) is 3. The number of rotatable bonds is 17. The number of aliphatic hydroxyl groups is 1. The van der Waals surface area contributed by atoms with Crippen molar-refractivity contribution in [2.75, 3.05) is 26.4 Å². The number of hydrogen-bond acceptors (Lipinski definition) is 9. The average molecular weight is 879 g/mol. The second kappa shape index (κ2) is 19.9. The number of aliphatic hydroxyl groups excluding tert-OH is 1. The van der Waals surface area contributed by atoms with Gasteiger partial charge in [0, 0.05) is 59.6 Å². The zero-order valence-corrected chi connectivity index (χ0v) is 37.4. The van der Waals surface area contributed by atoms with Gasteiger partial charge in [-0.3, -0.25) is 19.2 Å². The summed E-state index contributed by atoms with van der Waals surface area (Å²) < 4.78 is 17.8. The summed E-state index contributed by atoms with van der Waals surface area (Å²) in [5, 5.41) is 29.4. The van der Waals surface area contributed by atoms with Crippen LogP contribution in [-0.2, 0) is 25.7 Å². The fourth-order valence-electron chi connectivity index (χ4n) is 8.41. The molecule has 1 heterocycles. The van der Waals surface area contributed by atoms with E-state index >= 15 is 0 Å². The molecule has 0 aromatic heterocycles. The molecule has 1 unspecified atom stereocenters. The summed E-state index contributed by atoms with van der Waals surface area (Å²) in [4.78, 5) is 54.6. The van der Waals surface area contributed by atoms with Gasteiger partial charge in [0.1, 0.15) is 42.4 Å². The number of benzene rings is 3. The molecule has 61 heavy (non-hydrogen) atoms. The molecular formula is C46H57Cl2N5O8. The van der Waals surface area contributed by atoms with Crippen molar-refractivity contribution in [3.63, 3.8) is 0 Å². The quantitative estimate of drug-likeness (QED) is 0.111. The molecule has 13 nitrogen and oxygen atoms in total. The van der Waals surface area contributed by atoms with Gasteiger partial charge in [-0.15, -0.1) is 0 Å². The molecule has 1 aliphatic carbocycles. The van der Waals surface area contributed by atoms with Gasteiger partial charge >= 0.3 is 0 Å². The van der Waals surface area contributed by atoms with Crippen LogP contribution in [0.1, 0.15) is 89.2 Å². The Balaban J connectivity index is 1.01. The molecule has 1 saturated carbocycles. The van der Waals surface area contributed by atoms with Crippen LogP contribution in [0, 0.1) is 27.6 Å². The van der Waals surface area contributed by atoms with Crippen LogP contribution in [0.3, 0.4) is 0 Å². The highest BCUT2D eigenvalue weighted by Crippen LogP contribution is 2.55. The maximum absolute atomic E-state index is 13.8. The predicted molar refractivity (Wildman–Crippen MR) is 232 cm³/mol. The topological polar surface area (TPSA) is 179 Å². The smallest absolute Gasteiger partial charge is 0.251 e. The molecule has 4 N–H and O–H groups in total. The number of carbonyl (C=O) groups is 4. The van der Waals surface area contributed by atoms with E-state index in [0.29, 0.717) is 58.7 Å². The molecule has 3 aromatic carbocycles. The molecule has 2 fully saturated rings. The first-order chi connectivity index (χ1) is 28.7. The molecule has 0 bridgehead atoms. The van der Waals surface area contributed by atoms with Crippen molar-refractivity contribution in [1.29, 1.82) is 5.26 Å². The minimum atomic E-state index is -0.961. The minimum Gasteiger partial charge on any atom is -0.494 e. The molecule has 0 radical (unpaired) electrons. The van der Waals surface area contributed by atoms with Crippen molar-refractivity contribution in [2.24, 2.45) is 16.2 Å². The molecule has 15 heteroatoms. The Morgan fingerprint density at radius 3 is 2.20 bits per heavy atom. The average Bonchev–Trinajstić information content (AvgIpc) is 3.61. The lowest BCUT2D eigenvalue weighted by Gasteiger charge is -2.63. The number of hydrogen-bond donors (Lipinski definition) is 4. The van der Waals surface area contributed by atoms with Gasteiger partial charge in [-0.1, -0.05) is 83.8 Å². The Morgan fingerprint density at radius 2 is 1.57 bits per heavy atom. The molecule has 4 amide bonds. The normalized spacial score (nSPS) is 20.7. The van der Waals surface area contributed by atoms with E-state index in [4.69, 9.17) is 37.4 Å². The highest BCUT2D eigenvalue weighted by Gasteiger charge is 2.64. The fraction of sp³-hybridized carbons (Fsp3) is 0.500. The number of carbonyl (C=O) groups excluding carboxylic acids is 4. The predicted octanol–water partition coefficient (Wildman–Crippen LogP) is 6.46. The van der Waals surface area contributed by atoms with Gasteiger partial charge in [0.2, 0.25) is 17.7 Å².